The van der Waals surface area contributed by atoms with E-state index in [1.165, 1.54) is 70.6 Å². The number of phosphoric ester groups is 2. The second-order valence-corrected chi connectivity index (χ2v) is 20.9. The number of epoxide rings is 1. The fourth-order valence-electron chi connectivity index (χ4n) is 7.80. The van der Waals surface area contributed by atoms with E-state index < -0.39 is 83.5 Å². The predicted octanol–water partition coefficient (Wildman–Crippen LogP) is 9.61. The number of ether oxygens (including phenoxy) is 3. The van der Waals surface area contributed by atoms with E-state index in [2.05, 4.69) is 67.0 Å². The molecule has 0 radical (unpaired) electrons. The first-order chi connectivity index (χ1) is 33.6. The molecule has 7 N–H and O–H groups in total. The molecular formula is C51H88O17P2. The van der Waals surface area contributed by atoms with Crippen LogP contribution in [0.2, 0.25) is 0 Å². The number of aliphatic hydroxyl groups is 4. The molecule has 0 aromatic heterocycles. The maximum atomic E-state index is 13.0. The highest BCUT2D eigenvalue weighted by atomic mass is 31.2. The van der Waals surface area contributed by atoms with Gasteiger partial charge in [-0.15, -0.1) is 0 Å². The lowest BCUT2D eigenvalue weighted by molar-refractivity contribution is -0.216. The van der Waals surface area contributed by atoms with Gasteiger partial charge in [0, 0.05) is 12.8 Å². The lowest BCUT2D eigenvalue weighted by Gasteiger charge is -2.43. The highest BCUT2D eigenvalue weighted by Crippen LogP contribution is 2.49. The highest BCUT2D eigenvalue weighted by molar-refractivity contribution is 7.47. The van der Waals surface area contributed by atoms with Crippen LogP contribution in [0.1, 0.15) is 181 Å². The maximum Gasteiger partial charge on any atom is 0.472 e. The molecule has 404 valence electrons. The van der Waals surface area contributed by atoms with Crippen molar-refractivity contribution in [2.24, 2.45) is 0 Å². The third-order valence-electron chi connectivity index (χ3n) is 12.0. The number of aliphatic hydroxyl groups excluding tert-OH is 4. The first kappa shape index (κ1) is 63.8. The summed E-state index contributed by atoms with van der Waals surface area (Å²) in [5.41, 5.74) is 0. The molecule has 19 heteroatoms. The van der Waals surface area contributed by atoms with Gasteiger partial charge in [0.1, 0.15) is 43.2 Å². The van der Waals surface area contributed by atoms with Crippen molar-refractivity contribution in [3.63, 3.8) is 0 Å². The van der Waals surface area contributed by atoms with Crippen LogP contribution in [-0.4, -0.2) is 115 Å². The Hall–Kier alpha value is -2.34. The Kier molecular flexibility index (Phi) is 34.9. The Morgan fingerprint density at radius 3 is 1.50 bits per heavy atom. The standard InChI is InChI=1S/C51H88O17P2/c1-3-5-7-9-11-13-14-15-16-17-18-19-20-21-22-24-26-28-33-37-44(52)63-39-41(40-64-70(61,62)68-51-48(56)46(54)47(55)50(49(51)57)67-69(58,59)60)65-45(53)38-34-30-29-32-36-43-42(66-43)35-31-27-25-23-12-10-8-6-4-2/h11-13,15-16,23,27,29,31-32,41-43,46-51,54-57H,3-10,14,17-22,24-26,28,30,33-40H2,1-2H3,(H,61,62)(H2,58,59,60)/b13-11-,16-15-,23-12-,31-27-,32-29-/t41-,42?,43?,46?,47?,48?,49?,50-,51+/m1/s1. The molecule has 1 saturated carbocycles. The first-order valence-electron chi connectivity index (χ1n) is 26.0. The molecule has 2 aliphatic rings. The predicted molar refractivity (Wildman–Crippen MR) is 268 cm³/mol. The van der Waals surface area contributed by atoms with E-state index in [9.17, 15) is 53.8 Å². The van der Waals surface area contributed by atoms with E-state index in [1.807, 2.05) is 12.2 Å². The van der Waals surface area contributed by atoms with E-state index in [4.69, 9.17) is 23.3 Å². The lowest BCUT2D eigenvalue weighted by Crippen LogP contribution is -2.64. The summed E-state index contributed by atoms with van der Waals surface area (Å²) in [6, 6.07) is 0. The Bertz CT molecular complexity index is 1650. The summed E-state index contributed by atoms with van der Waals surface area (Å²) >= 11 is 0. The largest absolute Gasteiger partial charge is 0.472 e. The molecule has 0 amide bonds. The minimum atomic E-state index is -5.38. The highest BCUT2D eigenvalue weighted by Gasteiger charge is 2.54. The number of esters is 2. The zero-order chi connectivity index (χ0) is 51.5. The fourth-order valence-corrected chi connectivity index (χ4v) is 9.33. The number of hydrogen-bond acceptors (Lipinski definition) is 14. The zero-order valence-electron chi connectivity index (χ0n) is 41.9. The van der Waals surface area contributed by atoms with E-state index in [-0.39, 0.29) is 25.0 Å². The third kappa shape index (κ3) is 31.3. The quantitative estimate of drug-likeness (QED) is 0.00986. The van der Waals surface area contributed by atoms with Crippen molar-refractivity contribution in [2.75, 3.05) is 13.2 Å². The molecule has 2 rings (SSSR count). The summed E-state index contributed by atoms with van der Waals surface area (Å²) < 4.78 is 55.2. The van der Waals surface area contributed by atoms with Crippen LogP contribution in [0.4, 0.5) is 0 Å². The molecule has 0 bridgehead atoms. The van der Waals surface area contributed by atoms with Gasteiger partial charge >= 0.3 is 27.6 Å². The molecule has 0 aromatic rings. The van der Waals surface area contributed by atoms with Crippen molar-refractivity contribution >= 4 is 27.6 Å². The van der Waals surface area contributed by atoms with Crippen molar-refractivity contribution in [1.82, 2.24) is 0 Å². The van der Waals surface area contributed by atoms with Gasteiger partial charge in [0.25, 0.3) is 0 Å². The average molecular weight is 1040 g/mol. The Balaban J connectivity index is 1.78. The second-order valence-electron chi connectivity index (χ2n) is 18.3. The normalized spacial score (nSPS) is 24.4. The van der Waals surface area contributed by atoms with Crippen LogP contribution in [0, 0.1) is 0 Å². The van der Waals surface area contributed by atoms with Crippen molar-refractivity contribution < 1.29 is 81.6 Å². The van der Waals surface area contributed by atoms with Gasteiger partial charge in [0.15, 0.2) is 6.10 Å². The number of carbonyl (C=O) groups excluding carboxylic acids is 2. The molecular weight excluding hydrogens is 946 g/mol. The van der Waals surface area contributed by atoms with Crippen molar-refractivity contribution in [1.29, 1.82) is 0 Å². The Morgan fingerprint density at radius 1 is 0.514 bits per heavy atom. The van der Waals surface area contributed by atoms with Crippen LogP contribution in [0.5, 0.6) is 0 Å². The summed E-state index contributed by atoms with van der Waals surface area (Å²) in [6.45, 7) is 3.01. The number of unbranched alkanes of at least 4 members (excludes halogenated alkanes) is 16. The summed E-state index contributed by atoms with van der Waals surface area (Å²) in [7, 11) is -10.7. The molecule has 17 nitrogen and oxygen atoms in total. The van der Waals surface area contributed by atoms with E-state index in [0.717, 1.165) is 64.2 Å². The van der Waals surface area contributed by atoms with Gasteiger partial charge in [-0.25, -0.2) is 9.13 Å². The maximum absolute atomic E-state index is 13.0. The number of allylic oxidation sites excluding steroid dienone is 8. The van der Waals surface area contributed by atoms with E-state index in [0.29, 0.717) is 19.3 Å². The van der Waals surface area contributed by atoms with Crippen LogP contribution < -0.4 is 0 Å². The molecule has 0 spiro atoms. The number of rotatable bonds is 42. The van der Waals surface area contributed by atoms with Crippen LogP contribution >= 0.6 is 15.6 Å². The van der Waals surface area contributed by atoms with Gasteiger partial charge < -0.3 is 49.3 Å². The van der Waals surface area contributed by atoms with Crippen LogP contribution in [-0.2, 0) is 46.5 Å². The minimum absolute atomic E-state index is 0.0428. The third-order valence-corrected chi connectivity index (χ3v) is 13.5. The summed E-state index contributed by atoms with van der Waals surface area (Å²) in [5.74, 6) is -1.28. The molecule has 1 aliphatic carbocycles. The monoisotopic (exact) mass is 1030 g/mol. The number of phosphoric acid groups is 2. The SMILES string of the molecule is CCCCC/C=C\C/C=C\CCCCCCCCCCCC(=O)OC[C@H](COP(=O)(O)O[C@H]1C(O)C(O)C(O)[C@@H](OP(=O)(O)O)C1O)OC(=O)CCC/C=C\CC1OC1C/C=C\C/C=C\CCCCC. The van der Waals surface area contributed by atoms with Crippen LogP contribution in [0.25, 0.3) is 0 Å². The fraction of sp³-hybridized carbons (Fsp3) is 0.765. The van der Waals surface area contributed by atoms with Gasteiger partial charge in [-0.05, 0) is 83.5 Å². The zero-order valence-corrected chi connectivity index (χ0v) is 43.7. The van der Waals surface area contributed by atoms with Gasteiger partial charge in [0.2, 0.25) is 0 Å². The van der Waals surface area contributed by atoms with Crippen molar-refractivity contribution in [3.05, 3.63) is 60.8 Å². The molecule has 10 atom stereocenters. The molecule has 2 fully saturated rings. The molecule has 7 unspecified atom stereocenters. The van der Waals surface area contributed by atoms with E-state index in [1.54, 1.807) is 0 Å². The van der Waals surface area contributed by atoms with Gasteiger partial charge in [0.05, 0.1) is 18.8 Å². The van der Waals surface area contributed by atoms with E-state index >= 15 is 0 Å². The number of hydrogen-bond donors (Lipinski definition) is 7. The van der Waals surface area contributed by atoms with Crippen molar-refractivity contribution in [3.8, 4) is 0 Å². The van der Waals surface area contributed by atoms with Crippen LogP contribution in [0.15, 0.2) is 60.8 Å². The average Bonchev–Trinajstić information content (AvgIpc) is 4.08. The van der Waals surface area contributed by atoms with Gasteiger partial charge in [-0.3, -0.25) is 23.2 Å². The topological polar surface area (TPSA) is 269 Å². The Labute approximate surface area is 417 Å². The summed E-state index contributed by atoms with van der Waals surface area (Å²) in [5, 5.41) is 41.3. The van der Waals surface area contributed by atoms with Crippen LogP contribution in [0.3, 0.4) is 0 Å². The minimum Gasteiger partial charge on any atom is -0.462 e. The first-order valence-corrected chi connectivity index (χ1v) is 29.0. The second kappa shape index (κ2) is 38.3. The molecule has 1 aliphatic heterocycles. The Morgan fingerprint density at radius 2 is 0.957 bits per heavy atom. The summed E-state index contributed by atoms with van der Waals surface area (Å²) in [6.07, 6.45) is 31.9. The van der Waals surface area contributed by atoms with Crippen molar-refractivity contribution in [2.45, 2.75) is 236 Å². The van der Waals surface area contributed by atoms with Gasteiger partial charge in [-0.1, -0.05) is 145 Å². The molecule has 1 saturated heterocycles. The lowest BCUT2D eigenvalue weighted by atomic mass is 9.85. The molecule has 1 heterocycles. The molecule has 70 heavy (non-hydrogen) atoms. The number of carbonyl (C=O) groups is 2. The summed E-state index contributed by atoms with van der Waals surface area (Å²) in [4.78, 5) is 54.5. The molecule has 0 aromatic carbocycles. The van der Waals surface area contributed by atoms with Gasteiger partial charge in [-0.2, -0.15) is 0 Å². The smallest absolute Gasteiger partial charge is 0.462 e.